The van der Waals surface area contributed by atoms with Crippen LogP contribution in [0.15, 0.2) is 72.8 Å². The van der Waals surface area contributed by atoms with E-state index < -0.39 is 23.8 Å². The number of benzene rings is 3. The second kappa shape index (κ2) is 12.0. The largest absolute Gasteiger partial charge is 0.416 e. The van der Waals surface area contributed by atoms with Crippen LogP contribution in [-0.4, -0.2) is 61.6 Å². The summed E-state index contributed by atoms with van der Waals surface area (Å²) < 4.78 is 43.7. The summed E-state index contributed by atoms with van der Waals surface area (Å²) in [6, 6.07) is 17.4. The number of ether oxygens (including phenoxy) is 1. The van der Waals surface area contributed by atoms with Gasteiger partial charge in [0.15, 0.2) is 0 Å². The number of amides is 4. The van der Waals surface area contributed by atoms with Crippen LogP contribution in [0.5, 0.6) is 0 Å². The molecule has 41 heavy (non-hydrogen) atoms. The summed E-state index contributed by atoms with van der Waals surface area (Å²) in [5.74, 6) is -0.336. The van der Waals surface area contributed by atoms with Gasteiger partial charge in [-0.15, -0.1) is 0 Å². The molecule has 3 aromatic carbocycles. The molecule has 0 aliphatic carbocycles. The van der Waals surface area contributed by atoms with E-state index in [9.17, 15) is 27.6 Å². The number of carbonyl (C=O) groups is 3. The molecule has 2 saturated heterocycles. The van der Waals surface area contributed by atoms with Crippen molar-refractivity contribution in [2.45, 2.75) is 25.1 Å². The van der Waals surface area contributed by atoms with Crippen molar-refractivity contribution in [2.75, 3.05) is 43.1 Å². The van der Waals surface area contributed by atoms with E-state index in [4.69, 9.17) is 4.74 Å². The maximum absolute atomic E-state index is 13.2. The minimum absolute atomic E-state index is 0.0531. The maximum atomic E-state index is 13.2. The first-order valence-corrected chi connectivity index (χ1v) is 13.3. The molecule has 2 fully saturated rings. The Morgan fingerprint density at radius 1 is 0.878 bits per heavy atom. The monoisotopic (exact) mass is 566 g/mol. The van der Waals surface area contributed by atoms with Crippen LogP contribution in [0.25, 0.3) is 11.1 Å². The van der Waals surface area contributed by atoms with Gasteiger partial charge in [-0.25, -0.2) is 4.79 Å². The van der Waals surface area contributed by atoms with Crippen LogP contribution in [0.2, 0.25) is 0 Å². The van der Waals surface area contributed by atoms with E-state index in [0.717, 1.165) is 35.4 Å². The van der Waals surface area contributed by atoms with E-state index >= 15 is 0 Å². The van der Waals surface area contributed by atoms with Crippen molar-refractivity contribution in [3.05, 3.63) is 83.9 Å². The summed E-state index contributed by atoms with van der Waals surface area (Å²) in [4.78, 5) is 42.3. The van der Waals surface area contributed by atoms with Gasteiger partial charge in [0.25, 0.3) is 5.91 Å². The smallest absolute Gasteiger partial charge is 0.378 e. The number of nitrogens with one attached hydrogen (secondary N) is 2. The van der Waals surface area contributed by atoms with Gasteiger partial charge in [-0.05, 0) is 66.4 Å². The molecule has 2 heterocycles. The number of hydrogen-bond acceptors (Lipinski definition) is 4. The fraction of sp³-hybridized carbons (Fsp3) is 0.300. The zero-order valence-electron chi connectivity index (χ0n) is 22.1. The van der Waals surface area contributed by atoms with Crippen LogP contribution >= 0.6 is 0 Å². The molecule has 0 saturated carbocycles. The zero-order valence-corrected chi connectivity index (χ0v) is 22.1. The van der Waals surface area contributed by atoms with E-state index in [-0.39, 0.29) is 17.5 Å². The zero-order chi connectivity index (χ0) is 29.0. The number of piperidine rings is 1. The second-order valence-electron chi connectivity index (χ2n) is 9.86. The van der Waals surface area contributed by atoms with Crippen LogP contribution in [0, 0.1) is 0 Å². The molecule has 4 amide bonds. The molecular weight excluding hydrogens is 537 g/mol. The lowest BCUT2D eigenvalue weighted by Crippen LogP contribution is -2.53. The summed E-state index contributed by atoms with van der Waals surface area (Å²) >= 11 is 0. The first kappa shape index (κ1) is 28.2. The molecule has 2 N–H and O–H groups in total. The number of rotatable bonds is 5. The van der Waals surface area contributed by atoms with Gasteiger partial charge < -0.3 is 25.2 Å². The standard InChI is InChI=1S/C30H29F3N4O4/c31-30(32,33)21-9-11-22(12-10-21)34-29(40)35-26-6-3-15-37(28(26)39)23-13-7-20(8-14-23)24-4-1-2-5-25(24)27(38)36-16-18-41-19-17-36/h1-2,4-5,7-14,26H,3,6,15-19H2,(H2,34,35,40). The van der Waals surface area contributed by atoms with Gasteiger partial charge in [0.1, 0.15) is 6.04 Å². The van der Waals surface area contributed by atoms with Gasteiger partial charge in [-0.2, -0.15) is 13.2 Å². The lowest BCUT2D eigenvalue weighted by atomic mass is 9.97. The Kier molecular flexibility index (Phi) is 8.25. The molecule has 8 nitrogen and oxygen atoms in total. The van der Waals surface area contributed by atoms with Crippen LogP contribution in [-0.2, 0) is 15.7 Å². The fourth-order valence-electron chi connectivity index (χ4n) is 5.01. The number of anilines is 2. The Morgan fingerprint density at radius 2 is 1.56 bits per heavy atom. The van der Waals surface area contributed by atoms with Crippen LogP contribution in [0.3, 0.4) is 0 Å². The summed E-state index contributed by atoms with van der Waals surface area (Å²) in [6.07, 6.45) is -3.39. The predicted octanol–water partition coefficient (Wildman–Crippen LogP) is 5.16. The van der Waals surface area contributed by atoms with E-state index in [1.165, 1.54) is 0 Å². The molecule has 214 valence electrons. The molecule has 3 aromatic rings. The first-order valence-electron chi connectivity index (χ1n) is 13.3. The lowest BCUT2D eigenvalue weighted by molar-refractivity contribution is -0.137. The van der Waals surface area contributed by atoms with E-state index in [0.29, 0.717) is 56.9 Å². The van der Waals surface area contributed by atoms with Crippen molar-refractivity contribution < 1.29 is 32.3 Å². The highest BCUT2D eigenvalue weighted by molar-refractivity contribution is 6.03. The van der Waals surface area contributed by atoms with Gasteiger partial charge in [0.2, 0.25) is 5.91 Å². The average molecular weight is 567 g/mol. The van der Waals surface area contributed by atoms with Gasteiger partial charge in [0.05, 0.1) is 18.8 Å². The topological polar surface area (TPSA) is 91.0 Å². The first-order chi connectivity index (χ1) is 19.7. The number of hydrogen-bond donors (Lipinski definition) is 2. The molecule has 2 aliphatic rings. The number of carbonyl (C=O) groups excluding carboxylic acids is 3. The van der Waals surface area contributed by atoms with Crippen molar-refractivity contribution in [3.63, 3.8) is 0 Å². The van der Waals surface area contributed by atoms with Gasteiger partial charge in [-0.3, -0.25) is 9.59 Å². The number of alkyl halides is 3. The Labute approximate surface area is 235 Å². The molecule has 1 atom stereocenters. The maximum Gasteiger partial charge on any atom is 0.416 e. The van der Waals surface area contributed by atoms with Gasteiger partial charge >= 0.3 is 12.2 Å². The van der Waals surface area contributed by atoms with Crippen molar-refractivity contribution in [2.24, 2.45) is 0 Å². The van der Waals surface area contributed by atoms with Crippen LogP contribution in [0.1, 0.15) is 28.8 Å². The quantitative estimate of drug-likeness (QED) is 0.447. The van der Waals surface area contributed by atoms with E-state index in [2.05, 4.69) is 10.6 Å². The van der Waals surface area contributed by atoms with Crippen molar-refractivity contribution >= 4 is 29.2 Å². The van der Waals surface area contributed by atoms with Gasteiger partial charge in [-0.1, -0.05) is 30.3 Å². The minimum atomic E-state index is -4.47. The molecule has 0 bridgehead atoms. The third-order valence-electron chi connectivity index (χ3n) is 7.16. The third-order valence-corrected chi connectivity index (χ3v) is 7.16. The second-order valence-corrected chi connectivity index (χ2v) is 9.86. The molecule has 0 spiro atoms. The normalized spacial score (nSPS) is 17.7. The number of halogens is 3. The number of nitrogens with zero attached hydrogens (tertiary/aromatic N) is 2. The highest BCUT2D eigenvalue weighted by Gasteiger charge is 2.32. The molecule has 11 heteroatoms. The summed E-state index contributed by atoms with van der Waals surface area (Å²) in [5.41, 5.74) is 2.24. The van der Waals surface area contributed by atoms with E-state index in [1.807, 2.05) is 42.5 Å². The summed E-state index contributed by atoms with van der Waals surface area (Å²) in [6.45, 7) is 2.59. The minimum Gasteiger partial charge on any atom is -0.378 e. The van der Waals surface area contributed by atoms with Crippen LogP contribution < -0.4 is 15.5 Å². The Bertz CT molecular complexity index is 1400. The third kappa shape index (κ3) is 6.51. The van der Waals surface area contributed by atoms with E-state index in [1.54, 1.807) is 15.9 Å². The molecular formula is C30H29F3N4O4. The van der Waals surface area contributed by atoms with Crippen LogP contribution in [0.4, 0.5) is 29.3 Å². The molecule has 0 aromatic heterocycles. The summed E-state index contributed by atoms with van der Waals surface area (Å²) in [7, 11) is 0. The Balaban J connectivity index is 1.24. The number of morpholine rings is 1. The Morgan fingerprint density at radius 3 is 2.24 bits per heavy atom. The molecule has 5 rings (SSSR count). The molecule has 0 radical (unpaired) electrons. The van der Waals surface area contributed by atoms with Crippen molar-refractivity contribution in [1.82, 2.24) is 10.2 Å². The lowest BCUT2D eigenvalue weighted by Gasteiger charge is -2.32. The number of urea groups is 1. The van der Waals surface area contributed by atoms with Crippen molar-refractivity contribution in [1.29, 1.82) is 0 Å². The molecule has 1 unspecified atom stereocenters. The van der Waals surface area contributed by atoms with Crippen molar-refractivity contribution in [3.8, 4) is 11.1 Å². The summed E-state index contributed by atoms with van der Waals surface area (Å²) in [5, 5.41) is 5.12. The predicted molar refractivity (Wildman–Crippen MR) is 148 cm³/mol. The molecule has 2 aliphatic heterocycles. The highest BCUT2D eigenvalue weighted by Crippen LogP contribution is 2.31. The average Bonchev–Trinajstić information content (AvgIpc) is 2.98. The highest BCUT2D eigenvalue weighted by atomic mass is 19.4. The Hall–Kier alpha value is -4.38. The van der Waals surface area contributed by atoms with Gasteiger partial charge in [0, 0.05) is 36.6 Å². The fourth-order valence-corrected chi connectivity index (χ4v) is 5.01. The SMILES string of the molecule is O=C(Nc1ccc(C(F)(F)F)cc1)NC1CCCN(c2ccc(-c3ccccc3C(=O)N3CCOCC3)cc2)C1=O.